The maximum absolute atomic E-state index is 11.2. The Labute approximate surface area is 82.4 Å². The van der Waals surface area contributed by atoms with E-state index in [-0.39, 0.29) is 6.61 Å². The molecule has 14 heavy (non-hydrogen) atoms. The predicted octanol–water partition coefficient (Wildman–Crippen LogP) is 0.828. The average molecular weight is 223 g/mol. The van der Waals surface area contributed by atoms with Crippen LogP contribution < -0.4 is 0 Å². The van der Waals surface area contributed by atoms with Crippen LogP contribution >= 0.6 is 8.03 Å². The Hall–Kier alpha value is -1.00. The minimum Gasteiger partial charge on any atom is -0.463 e. The Morgan fingerprint density at radius 2 is 2.00 bits per heavy atom. The summed E-state index contributed by atoms with van der Waals surface area (Å²) in [6.07, 6.45) is 0. The number of rotatable bonds is 5. The summed E-state index contributed by atoms with van der Waals surface area (Å²) in [4.78, 5) is 21.6. The summed E-state index contributed by atoms with van der Waals surface area (Å²) in [5.74, 6) is -3.09. The number of esters is 2. The molecule has 0 aromatic rings. The lowest BCUT2D eigenvalue weighted by molar-refractivity contribution is -0.159. The zero-order chi connectivity index (χ0) is 11.1. The summed E-state index contributed by atoms with van der Waals surface area (Å²) in [6.45, 7) is 2.87. The highest BCUT2D eigenvalue weighted by molar-refractivity contribution is 7.41. The van der Waals surface area contributed by atoms with Crippen LogP contribution in [0.4, 0.5) is 0 Å². The van der Waals surface area contributed by atoms with E-state index in [0.29, 0.717) is 0 Å². The van der Waals surface area contributed by atoms with E-state index in [1.54, 1.807) is 6.92 Å². The van der Waals surface area contributed by atoms with Crippen LogP contribution in [0, 0.1) is 0 Å². The fourth-order valence-corrected chi connectivity index (χ4v) is 1.53. The molecule has 0 rings (SSSR count). The number of methoxy groups -OCH3 is 1. The first-order chi connectivity index (χ1) is 6.52. The van der Waals surface area contributed by atoms with Gasteiger partial charge in [0, 0.05) is 6.92 Å². The van der Waals surface area contributed by atoms with Crippen molar-refractivity contribution in [2.75, 3.05) is 13.7 Å². The molecule has 80 valence electrons. The Kier molecular flexibility index (Phi) is 5.99. The van der Waals surface area contributed by atoms with Gasteiger partial charge in [-0.2, -0.15) is 0 Å². The molecule has 2 atom stereocenters. The molecule has 0 heterocycles. The molecule has 0 saturated carbocycles. The van der Waals surface area contributed by atoms with Gasteiger partial charge in [-0.3, -0.25) is 4.79 Å². The summed E-state index contributed by atoms with van der Waals surface area (Å²) in [5, 5.41) is 0. The van der Waals surface area contributed by atoms with Crippen molar-refractivity contribution in [2.24, 2.45) is 0 Å². The molecular formula is C7H12O6P+. The third kappa shape index (κ3) is 4.30. The standard InChI is InChI=1S/C7H12O6P/c1-4-12-14(10)7(6(9)11-3)13-5(2)8/h7H,4H2,1-3H3/q+1. The summed E-state index contributed by atoms with van der Waals surface area (Å²) in [5.41, 5.74) is 0. The first-order valence-corrected chi connectivity index (χ1v) is 5.11. The van der Waals surface area contributed by atoms with Crippen LogP contribution in [-0.2, 0) is 28.2 Å². The van der Waals surface area contributed by atoms with Crippen LogP contribution in [0.25, 0.3) is 0 Å². The maximum Gasteiger partial charge on any atom is 0.566 e. The summed E-state index contributed by atoms with van der Waals surface area (Å²) in [6, 6.07) is 0. The van der Waals surface area contributed by atoms with Gasteiger partial charge in [-0.05, 0) is 11.5 Å². The summed E-state index contributed by atoms with van der Waals surface area (Å²) >= 11 is 0. The quantitative estimate of drug-likeness (QED) is 0.507. The third-order valence-electron chi connectivity index (χ3n) is 1.13. The molecule has 0 bridgehead atoms. The van der Waals surface area contributed by atoms with Gasteiger partial charge in [-0.1, -0.05) is 0 Å². The molecule has 0 saturated heterocycles. The molecule has 0 amide bonds. The van der Waals surface area contributed by atoms with E-state index in [0.717, 1.165) is 14.0 Å². The number of hydrogen-bond acceptors (Lipinski definition) is 6. The van der Waals surface area contributed by atoms with E-state index in [4.69, 9.17) is 0 Å². The lowest BCUT2D eigenvalue weighted by Gasteiger charge is -2.03. The monoisotopic (exact) mass is 223 g/mol. The van der Waals surface area contributed by atoms with Gasteiger partial charge in [0.2, 0.25) is 0 Å². The van der Waals surface area contributed by atoms with Crippen LogP contribution in [0.5, 0.6) is 0 Å². The van der Waals surface area contributed by atoms with Crippen molar-refractivity contribution < 1.29 is 28.2 Å². The largest absolute Gasteiger partial charge is 0.566 e. The minimum absolute atomic E-state index is 0.157. The van der Waals surface area contributed by atoms with Crippen LogP contribution in [0.2, 0.25) is 0 Å². The maximum atomic E-state index is 11.2. The average Bonchev–Trinajstić information content (AvgIpc) is 2.13. The molecule has 0 aliphatic heterocycles. The fourth-order valence-electron chi connectivity index (χ4n) is 0.630. The Morgan fingerprint density at radius 1 is 1.43 bits per heavy atom. The molecular weight excluding hydrogens is 211 g/mol. The number of carbonyl (C=O) groups excluding carboxylic acids is 2. The van der Waals surface area contributed by atoms with E-state index >= 15 is 0 Å². The van der Waals surface area contributed by atoms with E-state index in [1.807, 2.05) is 0 Å². The number of carbonyl (C=O) groups is 2. The molecule has 0 fully saturated rings. The van der Waals surface area contributed by atoms with E-state index in [9.17, 15) is 14.2 Å². The third-order valence-corrected chi connectivity index (χ3v) is 2.34. The van der Waals surface area contributed by atoms with Gasteiger partial charge >= 0.3 is 25.8 Å². The number of hydrogen-bond donors (Lipinski definition) is 0. The van der Waals surface area contributed by atoms with Gasteiger partial charge in [0.05, 0.1) is 13.7 Å². The predicted molar refractivity (Wildman–Crippen MR) is 46.8 cm³/mol. The molecule has 0 aromatic carbocycles. The molecule has 0 N–H and O–H groups in total. The molecule has 0 spiro atoms. The van der Waals surface area contributed by atoms with Crippen molar-refractivity contribution in [1.82, 2.24) is 0 Å². The molecule has 7 heteroatoms. The van der Waals surface area contributed by atoms with E-state index < -0.39 is 25.8 Å². The van der Waals surface area contributed by atoms with Gasteiger partial charge < -0.3 is 9.47 Å². The second kappa shape index (κ2) is 6.45. The van der Waals surface area contributed by atoms with Gasteiger partial charge in [0.25, 0.3) is 0 Å². The zero-order valence-corrected chi connectivity index (χ0v) is 9.08. The first kappa shape index (κ1) is 13.0. The van der Waals surface area contributed by atoms with Crippen LogP contribution in [-0.4, -0.2) is 31.5 Å². The molecule has 0 aliphatic carbocycles. The summed E-state index contributed by atoms with van der Waals surface area (Å²) in [7, 11) is -1.28. The topological polar surface area (TPSA) is 78.9 Å². The summed E-state index contributed by atoms with van der Waals surface area (Å²) < 4.78 is 24.7. The molecule has 0 aliphatic rings. The Bertz CT molecular complexity index is 238. The number of ether oxygens (including phenoxy) is 2. The molecule has 0 aromatic heterocycles. The lowest BCUT2D eigenvalue weighted by atomic mass is 10.7. The normalized spacial score (nSPS) is 12.9. The van der Waals surface area contributed by atoms with E-state index in [1.165, 1.54) is 0 Å². The van der Waals surface area contributed by atoms with Crippen LogP contribution in [0.3, 0.4) is 0 Å². The van der Waals surface area contributed by atoms with Gasteiger partial charge in [-0.25, -0.2) is 4.79 Å². The fraction of sp³-hybridized carbons (Fsp3) is 0.714. The SMILES string of the molecule is CCO[P+](=O)C(OC(C)=O)C(=O)OC. The van der Waals surface area contributed by atoms with Gasteiger partial charge in [0.1, 0.15) is 0 Å². The van der Waals surface area contributed by atoms with Gasteiger partial charge in [-0.15, -0.1) is 4.52 Å². The molecule has 0 radical (unpaired) electrons. The van der Waals surface area contributed by atoms with Crippen molar-refractivity contribution >= 4 is 20.0 Å². The second-order valence-electron chi connectivity index (χ2n) is 2.19. The highest BCUT2D eigenvalue weighted by atomic mass is 31.1. The van der Waals surface area contributed by atoms with Crippen LogP contribution in [0.15, 0.2) is 0 Å². The first-order valence-electron chi connectivity index (χ1n) is 3.87. The lowest BCUT2D eigenvalue weighted by Crippen LogP contribution is -2.24. The molecule has 2 unspecified atom stereocenters. The highest BCUT2D eigenvalue weighted by Crippen LogP contribution is 2.31. The minimum atomic E-state index is -2.39. The van der Waals surface area contributed by atoms with E-state index in [2.05, 4.69) is 14.0 Å². The van der Waals surface area contributed by atoms with Gasteiger partial charge in [0.15, 0.2) is 0 Å². The Morgan fingerprint density at radius 3 is 2.36 bits per heavy atom. The van der Waals surface area contributed by atoms with Crippen molar-refractivity contribution in [3.05, 3.63) is 0 Å². The van der Waals surface area contributed by atoms with Crippen molar-refractivity contribution in [3.63, 3.8) is 0 Å². The van der Waals surface area contributed by atoms with Crippen molar-refractivity contribution in [3.8, 4) is 0 Å². The second-order valence-corrected chi connectivity index (χ2v) is 3.49. The zero-order valence-electron chi connectivity index (χ0n) is 8.18. The molecule has 6 nitrogen and oxygen atoms in total. The van der Waals surface area contributed by atoms with Crippen molar-refractivity contribution in [2.45, 2.75) is 19.7 Å². The smallest absolute Gasteiger partial charge is 0.463 e. The van der Waals surface area contributed by atoms with Crippen molar-refractivity contribution in [1.29, 1.82) is 0 Å². The van der Waals surface area contributed by atoms with Crippen LogP contribution in [0.1, 0.15) is 13.8 Å². The highest BCUT2D eigenvalue weighted by Gasteiger charge is 2.44. The Balaban J connectivity index is 4.45.